The molecule has 0 spiro atoms. The van der Waals surface area contributed by atoms with E-state index in [4.69, 9.17) is 0 Å². The first kappa shape index (κ1) is 15.0. The number of carbonyl (C=O) groups excluding carboxylic acids is 1. The lowest BCUT2D eigenvalue weighted by molar-refractivity contribution is 0.0951. The van der Waals surface area contributed by atoms with Crippen molar-refractivity contribution < 1.29 is 9.18 Å². The van der Waals surface area contributed by atoms with Crippen molar-refractivity contribution in [2.24, 2.45) is 0 Å². The van der Waals surface area contributed by atoms with E-state index >= 15 is 0 Å². The second-order valence-electron chi connectivity index (χ2n) is 5.28. The highest BCUT2D eigenvalue weighted by Gasteiger charge is 2.06. The molecule has 0 atom stereocenters. The number of imidazole rings is 1. The fourth-order valence-electron chi connectivity index (χ4n) is 2.23. The molecule has 0 aliphatic rings. The lowest BCUT2D eigenvalue weighted by Crippen LogP contribution is -2.22. The van der Waals surface area contributed by atoms with Gasteiger partial charge in [0.25, 0.3) is 5.91 Å². The molecule has 116 valence electrons. The van der Waals surface area contributed by atoms with Crippen molar-refractivity contribution in [3.63, 3.8) is 0 Å². The molecule has 0 unspecified atom stereocenters. The van der Waals surface area contributed by atoms with E-state index in [1.165, 1.54) is 6.07 Å². The van der Waals surface area contributed by atoms with Crippen LogP contribution in [-0.2, 0) is 6.54 Å². The van der Waals surface area contributed by atoms with Crippen LogP contribution in [0.5, 0.6) is 0 Å². The number of nitrogens with zero attached hydrogens (tertiary/aromatic N) is 2. The Labute approximate surface area is 133 Å². The second kappa shape index (κ2) is 6.44. The van der Waals surface area contributed by atoms with E-state index < -0.39 is 0 Å². The van der Waals surface area contributed by atoms with Gasteiger partial charge in [0.15, 0.2) is 0 Å². The van der Waals surface area contributed by atoms with Crippen molar-refractivity contribution in [1.82, 2.24) is 14.9 Å². The van der Waals surface area contributed by atoms with Gasteiger partial charge < -0.3 is 9.88 Å². The van der Waals surface area contributed by atoms with Gasteiger partial charge in [-0.2, -0.15) is 0 Å². The van der Waals surface area contributed by atoms with Crippen LogP contribution in [0.1, 0.15) is 21.5 Å². The lowest BCUT2D eigenvalue weighted by atomic mass is 10.1. The number of aryl methyl sites for hydroxylation is 1. The summed E-state index contributed by atoms with van der Waals surface area (Å²) in [6.07, 6.45) is 5.23. The van der Waals surface area contributed by atoms with Gasteiger partial charge in [0.05, 0.1) is 6.33 Å². The maximum atomic E-state index is 13.5. The Balaban J connectivity index is 1.65. The normalized spacial score (nSPS) is 10.5. The number of aromatic nitrogens is 2. The third kappa shape index (κ3) is 3.45. The Morgan fingerprint density at radius 1 is 1.22 bits per heavy atom. The van der Waals surface area contributed by atoms with Crippen molar-refractivity contribution in [1.29, 1.82) is 0 Å². The summed E-state index contributed by atoms with van der Waals surface area (Å²) in [5.41, 5.74) is 2.81. The monoisotopic (exact) mass is 309 g/mol. The highest BCUT2D eigenvalue weighted by Crippen LogP contribution is 2.11. The fraction of sp³-hybridized carbons (Fsp3) is 0.111. The number of halogens is 1. The van der Waals surface area contributed by atoms with E-state index in [2.05, 4.69) is 10.3 Å². The van der Waals surface area contributed by atoms with Crippen LogP contribution in [0.25, 0.3) is 5.69 Å². The molecule has 4 nitrogen and oxygen atoms in total. The molecule has 0 aliphatic carbocycles. The molecule has 1 amide bonds. The summed E-state index contributed by atoms with van der Waals surface area (Å²) in [7, 11) is 0. The minimum Gasteiger partial charge on any atom is -0.348 e. The molecule has 1 N–H and O–H groups in total. The summed E-state index contributed by atoms with van der Waals surface area (Å²) < 4.78 is 15.3. The number of amides is 1. The first-order valence-corrected chi connectivity index (χ1v) is 7.25. The van der Waals surface area contributed by atoms with Crippen molar-refractivity contribution >= 4 is 5.91 Å². The number of carbonyl (C=O) groups is 1. The van der Waals surface area contributed by atoms with Crippen LogP contribution in [0.3, 0.4) is 0 Å². The van der Waals surface area contributed by atoms with Crippen LogP contribution in [0.15, 0.2) is 61.2 Å². The van der Waals surface area contributed by atoms with Gasteiger partial charge in [-0.15, -0.1) is 0 Å². The topological polar surface area (TPSA) is 46.9 Å². The number of nitrogens with one attached hydrogen (secondary N) is 1. The summed E-state index contributed by atoms with van der Waals surface area (Å²) in [5, 5.41) is 2.79. The molecule has 0 radical (unpaired) electrons. The quantitative estimate of drug-likeness (QED) is 0.804. The smallest absolute Gasteiger partial charge is 0.251 e. The molecule has 1 aromatic heterocycles. The standard InChI is InChI=1S/C18H16FN3O/c1-13-2-3-14(10-17(13)19)11-21-18(23)15-4-6-16(7-5-15)22-9-8-20-12-22/h2-10,12H,11H2,1H3,(H,21,23). The first-order valence-electron chi connectivity index (χ1n) is 7.25. The Kier molecular flexibility index (Phi) is 4.19. The van der Waals surface area contributed by atoms with Crippen molar-refractivity contribution in [2.75, 3.05) is 0 Å². The van der Waals surface area contributed by atoms with Crippen molar-refractivity contribution in [3.05, 3.63) is 83.7 Å². The van der Waals surface area contributed by atoms with Crippen LogP contribution in [-0.4, -0.2) is 15.5 Å². The van der Waals surface area contributed by atoms with Crippen LogP contribution in [0.2, 0.25) is 0 Å². The summed E-state index contributed by atoms with van der Waals surface area (Å²) in [5.74, 6) is -0.454. The van der Waals surface area contributed by atoms with Gasteiger partial charge in [-0.25, -0.2) is 9.37 Å². The van der Waals surface area contributed by atoms with Gasteiger partial charge in [0.1, 0.15) is 5.82 Å². The van der Waals surface area contributed by atoms with Crippen LogP contribution in [0.4, 0.5) is 4.39 Å². The summed E-state index contributed by atoms with van der Waals surface area (Å²) >= 11 is 0. The first-order chi connectivity index (χ1) is 11.1. The van der Waals surface area contributed by atoms with E-state index in [-0.39, 0.29) is 11.7 Å². The van der Waals surface area contributed by atoms with Gasteiger partial charge in [-0.3, -0.25) is 4.79 Å². The molecule has 23 heavy (non-hydrogen) atoms. The molecule has 0 aliphatic heterocycles. The van der Waals surface area contributed by atoms with Gasteiger partial charge in [-0.1, -0.05) is 12.1 Å². The Hall–Kier alpha value is -2.95. The van der Waals surface area contributed by atoms with Crippen LogP contribution >= 0.6 is 0 Å². The lowest BCUT2D eigenvalue weighted by Gasteiger charge is -2.08. The average molecular weight is 309 g/mol. The molecule has 0 fully saturated rings. The predicted octanol–water partition coefficient (Wildman–Crippen LogP) is 3.25. The summed E-state index contributed by atoms with van der Waals surface area (Å²) in [4.78, 5) is 16.1. The molecular weight excluding hydrogens is 293 g/mol. The number of hydrogen-bond donors (Lipinski definition) is 1. The van der Waals surface area contributed by atoms with Gasteiger partial charge in [0.2, 0.25) is 0 Å². The maximum Gasteiger partial charge on any atom is 0.251 e. The largest absolute Gasteiger partial charge is 0.348 e. The van der Waals surface area contributed by atoms with Crippen LogP contribution in [0, 0.1) is 12.7 Å². The third-order valence-corrected chi connectivity index (χ3v) is 3.62. The van der Waals surface area contributed by atoms with E-state index in [1.54, 1.807) is 43.7 Å². The molecule has 3 rings (SSSR count). The molecular formula is C18H16FN3O. The van der Waals surface area contributed by atoms with Gasteiger partial charge in [-0.05, 0) is 48.4 Å². The minimum atomic E-state index is -0.263. The molecule has 0 saturated heterocycles. The zero-order valence-corrected chi connectivity index (χ0v) is 12.7. The van der Waals surface area contributed by atoms with Gasteiger partial charge in [0, 0.05) is 30.2 Å². The molecule has 3 aromatic rings. The Morgan fingerprint density at radius 3 is 2.65 bits per heavy atom. The predicted molar refractivity (Wildman–Crippen MR) is 85.9 cm³/mol. The zero-order chi connectivity index (χ0) is 16.2. The molecule has 0 bridgehead atoms. The Morgan fingerprint density at radius 2 is 2.00 bits per heavy atom. The minimum absolute atomic E-state index is 0.192. The molecule has 1 heterocycles. The number of hydrogen-bond acceptors (Lipinski definition) is 2. The van der Waals surface area contributed by atoms with Crippen molar-refractivity contribution in [3.8, 4) is 5.69 Å². The van der Waals surface area contributed by atoms with Crippen LogP contribution < -0.4 is 5.32 Å². The zero-order valence-electron chi connectivity index (χ0n) is 12.7. The highest BCUT2D eigenvalue weighted by molar-refractivity contribution is 5.94. The second-order valence-corrected chi connectivity index (χ2v) is 5.28. The maximum absolute atomic E-state index is 13.5. The number of benzene rings is 2. The van der Waals surface area contributed by atoms with Gasteiger partial charge >= 0.3 is 0 Å². The highest BCUT2D eigenvalue weighted by atomic mass is 19.1. The summed E-state index contributed by atoms with van der Waals surface area (Å²) in [6, 6.07) is 12.2. The third-order valence-electron chi connectivity index (χ3n) is 3.62. The average Bonchev–Trinajstić information content (AvgIpc) is 3.10. The van der Waals surface area contributed by atoms with Crippen molar-refractivity contribution in [2.45, 2.75) is 13.5 Å². The summed E-state index contributed by atoms with van der Waals surface area (Å²) in [6.45, 7) is 2.00. The molecule has 0 saturated carbocycles. The Bertz CT molecular complexity index is 811. The number of rotatable bonds is 4. The molecule has 2 aromatic carbocycles. The fourth-order valence-corrected chi connectivity index (χ4v) is 2.23. The van der Waals surface area contributed by atoms with E-state index in [1.807, 2.05) is 22.9 Å². The molecule has 5 heteroatoms. The van der Waals surface area contributed by atoms with E-state index in [0.29, 0.717) is 17.7 Å². The SMILES string of the molecule is Cc1ccc(CNC(=O)c2ccc(-n3ccnc3)cc2)cc1F. The van der Waals surface area contributed by atoms with E-state index in [9.17, 15) is 9.18 Å². The van der Waals surface area contributed by atoms with E-state index in [0.717, 1.165) is 11.3 Å².